The summed E-state index contributed by atoms with van der Waals surface area (Å²) >= 11 is 0. The minimum atomic E-state index is -0.167. The van der Waals surface area contributed by atoms with Gasteiger partial charge in [0.2, 0.25) is 5.89 Å². The summed E-state index contributed by atoms with van der Waals surface area (Å²) in [6.07, 6.45) is 3.04. The number of hydrogen-bond acceptors (Lipinski definition) is 5. The van der Waals surface area contributed by atoms with Crippen molar-refractivity contribution in [3.63, 3.8) is 0 Å². The van der Waals surface area contributed by atoms with E-state index in [0.717, 1.165) is 17.0 Å². The van der Waals surface area contributed by atoms with Crippen LogP contribution in [0.5, 0.6) is 0 Å². The highest BCUT2D eigenvalue weighted by molar-refractivity contribution is 5.92. The molecule has 1 aliphatic rings. The summed E-state index contributed by atoms with van der Waals surface area (Å²) in [5, 5.41) is 0. The number of benzene rings is 1. The van der Waals surface area contributed by atoms with Gasteiger partial charge in [0.15, 0.2) is 5.69 Å². The molecule has 7 nitrogen and oxygen atoms in total. The number of carbonyl (C=O) groups excluding carboxylic acids is 1. The zero-order valence-corrected chi connectivity index (χ0v) is 13.0. The highest BCUT2D eigenvalue weighted by atomic mass is 16.3. The first-order valence-electron chi connectivity index (χ1n) is 7.77. The smallest absolute Gasteiger partial charge is 0.276 e. The Bertz CT molecular complexity index is 855. The van der Waals surface area contributed by atoms with Gasteiger partial charge in [0, 0.05) is 12.5 Å². The highest BCUT2D eigenvalue weighted by Crippen LogP contribution is 2.31. The van der Waals surface area contributed by atoms with Crippen molar-refractivity contribution in [2.75, 3.05) is 6.54 Å². The predicted molar refractivity (Wildman–Crippen MR) is 86.0 cm³/mol. The Kier molecular flexibility index (Phi) is 3.62. The molecule has 1 atom stereocenters. The summed E-state index contributed by atoms with van der Waals surface area (Å²) in [5.41, 5.74) is 8.85. The molecule has 0 spiro atoms. The molecular weight excluding hydrogens is 306 g/mol. The highest BCUT2D eigenvalue weighted by Gasteiger charge is 2.32. The molecule has 24 heavy (non-hydrogen) atoms. The number of aromatic nitrogens is 3. The number of nitrogens with two attached hydrogens (primary N) is 1. The van der Waals surface area contributed by atoms with Crippen molar-refractivity contribution in [1.29, 1.82) is 0 Å². The number of carbonyl (C=O) groups is 1. The summed E-state index contributed by atoms with van der Waals surface area (Å²) in [5.74, 6) is 0.225. The van der Waals surface area contributed by atoms with Gasteiger partial charge in [0.1, 0.15) is 6.26 Å². The van der Waals surface area contributed by atoms with E-state index in [0.29, 0.717) is 19.0 Å². The van der Waals surface area contributed by atoms with Gasteiger partial charge in [-0.25, -0.2) is 9.97 Å². The van der Waals surface area contributed by atoms with Gasteiger partial charge in [-0.15, -0.1) is 0 Å². The Balaban J connectivity index is 1.66. The Labute approximate surface area is 138 Å². The van der Waals surface area contributed by atoms with Crippen LogP contribution in [0.2, 0.25) is 0 Å². The molecule has 0 aliphatic carbocycles. The molecule has 2 aromatic heterocycles. The average Bonchev–Trinajstić information content (AvgIpc) is 3.30. The van der Waals surface area contributed by atoms with Gasteiger partial charge in [-0.05, 0) is 5.56 Å². The third kappa shape index (κ3) is 2.48. The van der Waals surface area contributed by atoms with Crippen molar-refractivity contribution in [3.05, 3.63) is 71.5 Å². The first-order valence-corrected chi connectivity index (χ1v) is 7.77. The third-order valence-electron chi connectivity index (χ3n) is 4.27. The molecule has 122 valence electrons. The zero-order chi connectivity index (χ0) is 16.5. The molecule has 3 aromatic rings. The van der Waals surface area contributed by atoms with Crippen LogP contribution in [0.25, 0.3) is 0 Å². The quantitative estimate of drug-likeness (QED) is 0.763. The van der Waals surface area contributed by atoms with Crippen LogP contribution >= 0.6 is 0 Å². The normalized spacial score (nSPS) is 16.9. The molecule has 1 aliphatic heterocycles. The van der Waals surface area contributed by atoms with Crippen LogP contribution in [0.3, 0.4) is 0 Å². The first kappa shape index (κ1) is 14.6. The van der Waals surface area contributed by atoms with E-state index in [-0.39, 0.29) is 24.1 Å². The number of nitrogens with one attached hydrogen (secondary N) is 1. The van der Waals surface area contributed by atoms with E-state index in [4.69, 9.17) is 10.2 Å². The van der Waals surface area contributed by atoms with Gasteiger partial charge >= 0.3 is 0 Å². The fourth-order valence-corrected chi connectivity index (χ4v) is 3.09. The van der Waals surface area contributed by atoms with Crippen LogP contribution in [-0.4, -0.2) is 32.3 Å². The summed E-state index contributed by atoms with van der Waals surface area (Å²) in [7, 11) is 0. The van der Waals surface area contributed by atoms with E-state index in [1.54, 1.807) is 11.2 Å². The zero-order valence-electron chi connectivity index (χ0n) is 13.0. The molecule has 4 rings (SSSR count). The minimum Gasteiger partial charge on any atom is -0.447 e. The van der Waals surface area contributed by atoms with Gasteiger partial charge in [0.05, 0.1) is 30.8 Å². The number of nitrogens with zero attached hydrogens (tertiary/aromatic N) is 3. The van der Waals surface area contributed by atoms with Crippen molar-refractivity contribution >= 4 is 5.91 Å². The Morgan fingerprint density at radius 2 is 2.21 bits per heavy atom. The van der Waals surface area contributed by atoms with Gasteiger partial charge in [-0.2, -0.15) is 0 Å². The Morgan fingerprint density at radius 3 is 2.96 bits per heavy atom. The third-order valence-corrected chi connectivity index (χ3v) is 4.27. The maximum Gasteiger partial charge on any atom is 0.276 e. The molecule has 7 heteroatoms. The van der Waals surface area contributed by atoms with Crippen LogP contribution in [0, 0.1) is 0 Å². The van der Waals surface area contributed by atoms with E-state index in [1.165, 1.54) is 6.26 Å². The second-order valence-electron chi connectivity index (χ2n) is 5.75. The molecule has 1 amide bonds. The van der Waals surface area contributed by atoms with Gasteiger partial charge in [-0.1, -0.05) is 30.3 Å². The second-order valence-corrected chi connectivity index (χ2v) is 5.75. The number of amides is 1. The van der Waals surface area contributed by atoms with Crippen LogP contribution < -0.4 is 5.73 Å². The average molecular weight is 323 g/mol. The standard InChI is InChI=1S/C17H17N5O2/c18-6-15-21-14(9-24-15)17(23)22-7-12(11-4-2-1-3-5-11)16-13(8-22)19-10-20-16/h1-5,9-10,12H,6-8,18H2,(H,19,20). The van der Waals surface area contributed by atoms with E-state index in [1.807, 2.05) is 18.2 Å². The fourth-order valence-electron chi connectivity index (χ4n) is 3.09. The molecule has 0 bridgehead atoms. The summed E-state index contributed by atoms with van der Waals surface area (Å²) in [4.78, 5) is 26.3. The number of imidazole rings is 1. The predicted octanol–water partition coefficient (Wildman–Crippen LogP) is 1.64. The monoisotopic (exact) mass is 323 g/mol. The van der Waals surface area contributed by atoms with Gasteiger partial charge in [0.25, 0.3) is 5.91 Å². The topological polar surface area (TPSA) is 101 Å². The number of aromatic amines is 1. The molecule has 0 fully saturated rings. The van der Waals surface area contributed by atoms with Crippen LogP contribution in [0.1, 0.15) is 39.2 Å². The fraction of sp³-hybridized carbons (Fsp3) is 0.235. The van der Waals surface area contributed by atoms with Gasteiger partial charge < -0.3 is 20.0 Å². The summed E-state index contributed by atoms with van der Waals surface area (Å²) < 4.78 is 5.19. The first-order chi connectivity index (χ1) is 11.8. The van der Waals surface area contributed by atoms with E-state index in [9.17, 15) is 4.79 Å². The maximum atomic E-state index is 12.8. The van der Waals surface area contributed by atoms with Crippen LogP contribution in [0.15, 0.2) is 47.3 Å². The Morgan fingerprint density at radius 1 is 1.38 bits per heavy atom. The van der Waals surface area contributed by atoms with Crippen LogP contribution in [-0.2, 0) is 13.1 Å². The minimum absolute atomic E-state index is 0.0334. The van der Waals surface area contributed by atoms with Crippen molar-refractivity contribution in [1.82, 2.24) is 19.9 Å². The largest absolute Gasteiger partial charge is 0.447 e. The van der Waals surface area contributed by atoms with Crippen LogP contribution in [0.4, 0.5) is 0 Å². The Hall–Kier alpha value is -2.93. The number of H-pyrrole nitrogens is 1. The summed E-state index contributed by atoms with van der Waals surface area (Å²) in [6, 6.07) is 10.1. The molecule has 3 heterocycles. The number of hydrogen-bond donors (Lipinski definition) is 2. The lowest BCUT2D eigenvalue weighted by molar-refractivity contribution is 0.0716. The number of rotatable bonds is 3. The van der Waals surface area contributed by atoms with E-state index < -0.39 is 0 Å². The molecule has 3 N–H and O–H groups in total. The molecule has 1 unspecified atom stereocenters. The molecule has 1 aromatic carbocycles. The van der Waals surface area contributed by atoms with Crippen molar-refractivity contribution < 1.29 is 9.21 Å². The van der Waals surface area contributed by atoms with Gasteiger partial charge in [-0.3, -0.25) is 4.79 Å². The SMILES string of the molecule is NCc1nc(C(=O)N2Cc3[nH]cnc3C(c3ccccc3)C2)co1. The second kappa shape index (κ2) is 5.93. The molecule has 0 saturated carbocycles. The van der Waals surface area contributed by atoms with Crippen molar-refractivity contribution in [2.45, 2.75) is 19.0 Å². The lowest BCUT2D eigenvalue weighted by Crippen LogP contribution is -2.39. The van der Waals surface area contributed by atoms with Crippen molar-refractivity contribution in [2.24, 2.45) is 5.73 Å². The van der Waals surface area contributed by atoms with Crippen molar-refractivity contribution in [3.8, 4) is 0 Å². The maximum absolute atomic E-state index is 12.8. The lowest BCUT2D eigenvalue weighted by atomic mass is 9.91. The molecule has 0 saturated heterocycles. The summed E-state index contributed by atoms with van der Waals surface area (Å²) in [6.45, 7) is 1.19. The van der Waals surface area contributed by atoms with E-state index >= 15 is 0 Å². The van der Waals surface area contributed by atoms with E-state index in [2.05, 4.69) is 27.1 Å². The molecule has 0 radical (unpaired) electrons. The number of oxazole rings is 1. The lowest BCUT2D eigenvalue weighted by Gasteiger charge is -2.31. The molecular formula is C17H17N5O2. The number of fused-ring (bicyclic) bond motifs is 1.